The smallest absolute Gasteiger partial charge is 0.167 e. The molecular formula is C11H20BNO2. The van der Waals surface area contributed by atoms with Gasteiger partial charge in [0.1, 0.15) is 6.29 Å². The lowest BCUT2D eigenvalue weighted by Gasteiger charge is -2.35. The van der Waals surface area contributed by atoms with Crippen LogP contribution in [0.3, 0.4) is 0 Å². The Morgan fingerprint density at radius 3 is 2.00 bits per heavy atom. The van der Waals surface area contributed by atoms with Crippen molar-refractivity contribution in [3.8, 4) is 0 Å². The van der Waals surface area contributed by atoms with Gasteiger partial charge in [-0.1, -0.05) is 0 Å². The summed E-state index contributed by atoms with van der Waals surface area (Å²) >= 11 is 0. The zero-order valence-electron chi connectivity index (χ0n) is 10.1. The maximum atomic E-state index is 11.0. The number of carbonyl (C=O) groups is 2. The summed E-state index contributed by atoms with van der Waals surface area (Å²) in [5.74, 6) is 0. The van der Waals surface area contributed by atoms with Crippen molar-refractivity contribution < 1.29 is 9.59 Å². The van der Waals surface area contributed by atoms with E-state index in [0.29, 0.717) is 6.42 Å². The predicted molar refractivity (Wildman–Crippen MR) is 62.0 cm³/mol. The summed E-state index contributed by atoms with van der Waals surface area (Å²) in [5.41, 5.74) is -0.352. The second-order valence-electron chi connectivity index (χ2n) is 4.34. The first-order valence-corrected chi connectivity index (χ1v) is 5.41. The van der Waals surface area contributed by atoms with Crippen molar-refractivity contribution in [1.82, 2.24) is 4.90 Å². The number of hydrogen-bond donors (Lipinski definition) is 0. The molecule has 2 radical (unpaired) electrons. The lowest BCUT2D eigenvalue weighted by molar-refractivity contribution is -0.115. The molecule has 1 unspecified atom stereocenters. The molecule has 0 aromatic heterocycles. The molecule has 0 fully saturated rings. The van der Waals surface area contributed by atoms with E-state index in [1.165, 1.54) is 0 Å². The lowest BCUT2D eigenvalue weighted by Crippen LogP contribution is -2.46. The Balaban J connectivity index is 4.45. The molecule has 84 valence electrons. The maximum absolute atomic E-state index is 11.0. The molecular weight excluding hydrogens is 189 g/mol. The van der Waals surface area contributed by atoms with Crippen LogP contribution in [0.15, 0.2) is 0 Å². The fraction of sp³-hybridized carbons (Fsp3) is 0.818. The normalized spacial score (nSPS) is 13.5. The van der Waals surface area contributed by atoms with Gasteiger partial charge in [0.25, 0.3) is 0 Å². The fourth-order valence-electron chi connectivity index (χ4n) is 1.94. The van der Waals surface area contributed by atoms with Gasteiger partial charge in [-0.2, -0.15) is 0 Å². The average Bonchev–Trinajstić information content (AvgIpc) is 2.09. The molecule has 0 aromatic carbocycles. The minimum atomic E-state index is -0.352. The van der Waals surface area contributed by atoms with Crippen molar-refractivity contribution in [1.29, 1.82) is 0 Å². The Morgan fingerprint density at radius 1 is 1.27 bits per heavy atom. The van der Waals surface area contributed by atoms with E-state index in [4.69, 9.17) is 7.85 Å². The maximum Gasteiger partial charge on any atom is 0.167 e. The fourth-order valence-corrected chi connectivity index (χ4v) is 1.94. The van der Waals surface area contributed by atoms with Crippen molar-refractivity contribution in [2.45, 2.75) is 58.7 Å². The second-order valence-corrected chi connectivity index (χ2v) is 4.34. The summed E-state index contributed by atoms with van der Waals surface area (Å²) in [5, 5.41) is 0. The van der Waals surface area contributed by atoms with Crippen LogP contribution in [0.25, 0.3) is 0 Å². The quantitative estimate of drug-likeness (QED) is 0.466. The summed E-state index contributed by atoms with van der Waals surface area (Å²) in [7, 11) is 5.07. The molecule has 1 atom stereocenters. The predicted octanol–water partition coefficient (Wildman–Crippen LogP) is 1.15. The molecule has 0 heterocycles. The zero-order chi connectivity index (χ0) is 12.0. The zero-order valence-corrected chi connectivity index (χ0v) is 10.1. The molecule has 3 nitrogen and oxygen atoms in total. The highest BCUT2D eigenvalue weighted by Crippen LogP contribution is 2.13. The molecule has 0 rings (SSSR count). The third kappa shape index (κ3) is 5.12. The first kappa shape index (κ1) is 14.4. The largest absolute Gasteiger partial charge is 0.313 e. The SMILES string of the molecule is [B]C(=O)CCC(C=O)N(C(C)C)C(C)C. The number of carbonyl (C=O) groups excluding carboxylic acids is 2. The highest BCUT2D eigenvalue weighted by molar-refractivity contribution is 6.57. The van der Waals surface area contributed by atoms with Crippen molar-refractivity contribution in [2.24, 2.45) is 0 Å². The molecule has 0 aliphatic carbocycles. The minimum Gasteiger partial charge on any atom is -0.313 e. The van der Waals surface area contributed by atoms with Crippen LogP contribution in [-0.2, 0) is 9.59 Å². The third-order valence-corrected chi connectivity index (χ3v) is 2.42. The van der Waals surface area contributed by atoms with E-state index in [9.17, 15) is 9.59 Å². The minimum absolute atomic E-state index is 0.211. The van der Waals surface area contributed by atoms with Gasteiger partial charge in [0.15, 0.2) is 7.85 Å². The average molecular weight is 209 g/mol. The Morgan fingerprint density at radius 2 is 1.73 bits per heavy atom. The van der Waals surface area contributed by atoms with E-state index in [1.807, 2.05) is 27.7 Å². The van der Waals surface area contributed by atoms with Gasteiger partial charge in [-0.3, -0.25) is 4.90 Å². The monoisotopic (exact) mass is 209 g/mol. The Kier molecular flexibility index (Phi) is 6.49. The highest BCUT2D eigenvalue weighted by Gasteiger charge is 2.23. The van der Waals surface area contributed by atoms with Crippen molar-refractivity contribution in [2.75, 3.05) is 0 Å². The highest BCUT2D eigenvalue weighted by atomic mass is 16.1. The Bertz CT molecular complexity index is 209. The molecule has 0 aliphatic heterocycles. The van der Waals surface area contributed by atoms with Gasteiger partial charge in [0, 0.05) is 12.1 Å². The van der Waals surface area contributed by atoms with E-state index in [-0.39, 0.29) is 30.2 Å². The van der Waals surface area contributed by atoms with E-state index >= 15 is 0 Å². The summed E-state index contributed by atoms with van der Waals surface area (Å²) in [6, 6.07) is 0.360. The van der Waals surface area contributed by atoms with Crippen LogP contribution in [0.5, 0.6) is 0 Å². The molecule has 0 saturated heterocycles. The molecule has 0 amide bonds. The van der Waals surface area contributed by atoms with Crippen LogP contribution >= 0.6 is 0 Å². The second kappa shape index (κ2) is 6.78. The molecule has 0 bridgehead atoms. The van der Waals surface area contributed by atoms with E-state index in [1.54, 1.807) is 0 Å². The molecule has 0 aliphatic rings. The topological polar surface area (TPSA) is 37.4 Å². The summed E-state index contributed by atoms with van der Waals surface area (Å²) in [6.07, 6.45) is 1.68. The summed E-state index contributed by atoms with van der Waals surface area (Å²) in [4.78, 5) is 23.7. The number of hydrogen-bond acceptors (Lipinski definition) is 3. The van der Waals surface area contributed by atoms with Crippen LogP contribution in [-0.4, -0.2) is 42.8 Å². The van der Waals surface area contributed by atoms with Gasteiger partial charge in [-0.05, 0) is 40.5 Å². The van der Waals surface area contributed by atoms with E-state index < -0.39 is 0 Å². The summed E-state index contributed by atoms with van der Waals surface area (Å²) in [6.45, 7) is 8.17. The van der Waals surface area contributed by atoms with Gasteiger partial charge in [-0.25, -0.2) is 0 Å². The van der Waals surface area contributed by atoms with Gasteiger partial charge in [0.2, 0.25) is 0 Å². The van der Waals surface area contributed by atoms with Crippen LogP contribution < -0.4 is 0 Å². The standard InChI is InChI=1S/C11H20BNO2/c1-8(2)13(9(3)4)10(7-14)5-6-11(12)15/h7-10H,5-6H2,1-4H3. The van der Waals surface area contributed by atoms with Crippen molar-refractivity contribution >= 4 is 19.8 Å². The van der Waals surface area contributed by atoms with Gasteiger partial charge in [0.05, 0.1) is 11.7 Å². The van der Waals surface area contributed by atoms with E-state index in [2.05, 4.69) is 4.90 Å². The van der Waals surface area contributed by atoms with Crippen LogP contribution in [0, 0.1) is 0 Å². The summed E-state index contributed by atoms with van der Waals surface area (Å²) < 4.78 is 0. The van der Waals surface area contributed by atoms with Gasteiger partial charge >= 0.3 is 0 Å². The van der Waals surface area contributed by atoms with Crippen molar-refractivity contribution in [3.63, 3.8) is 0 Å². The third-order valence-electron chi connectivity index (χ3n) is 2.42. The van der Waals surface area contributed by atoms with Gasteiger partial charge in [-0.15, -0.1) is 0 Å². The Hall–Kier alpha value is -0.635. The molecule has 15 heavy (non-hydrogen) atoms. The number of nitrogens with zero attached hydrogens (tertiary/aromatic N) is 1. The number of rotatable bonds is 7. The molecule has 0 spiro atoms. The number of aldehydes is 1. The van der Waals surface area contributed by atoms with Gasteiger partial charge < -0.3 is 9.59 Å². The van der Waals surface area contributed by atoms with Crippen LogP contribution in [0.1, 0.15) is 40.5 Å². The van der Waals surface area contributed by atoms with E-state index in [0.717, 1.165) is 6.29 Å². The molecule has 0 saturated carbocycles. The Labute approximate surface area is 93.6 Å². The first-order chi connectivity index (χ1) is 6.90. The van der Waals surface area contributed by atoms with Crippen LogP contribution in [0.4, 0.5) is 0 Å². The van der Waals surface area contributed by atoms with Crippen LogP contribution in [0.2, 0.25) is 0 Å². The molecule has 4 heteroatoms. The van der Waals surface area contributed by atoms with Crippen molar-refractivity contribution in [3.05, 3.63) is 0 Å². The molecule has 0 aromatic rings. The lowest BCUT2D eigenvalue weighted by atomic mass is 9.95. The first-order valence-electron chi connectivity index (χ1n) is 5.41. The molecule has 0 N–H and O–H groups in total.